The lowest BCUT2D eigenvalue weighted by molar-refractivity contribution is 0.0697. The van der Waals surface area contributed by atoms with E-state index >= 15 is 0 Å². The highest BCUT2D eigenvalue weighted by atomic mass is 19.1. The second-order valence-electron chi connectivity index (χ2n) is 4.37. The van der Waals surface area contributed by atoms with Gasteiger partial charge < -0.3 is 5.11 Å². The molecule has 0 spiro atoms. The Balaban J connectivity index is 2.34. The third kappa shape index (κ3) is 2.01. The van der Waals surface area contributed by atoms with E-state index in [1.165, 1.54) is 12.1 Å². The van der Waals surface area contributed by atoms with Gasteiger partial charge in [0.15, 0.2) is 0 Å². The Labute approximate surface area is 114 Å². The number of benzene rings is 2. The first kappa shape index (κ1) is 12.3. The van der Waals surface area contributed by atoms with Gasteiger partial charge in [0.25, 0.3) is 0 Å². The van der Waals surface area contributed by atoms with Crippen LogP contribution in [0.25, 0.3) is 22.0 Å². The maximum absolute atomic E-state index is 13.3. The van der Waals surface area contributed by atoms with Gasteiger partial charge in [-0.3, -0.25) is 4.98 Å². The van der Waals surface area contributed by atoms with Crippen LogP contribution in [0, 0.1) is 5.82 Å². The molecule has 0 amide bonds. The summed E-state index contributed by atoms with van der Waals surface area (Å²) in [5.41, 5.74) is 1.93. The van der Waals surface area contributed by atoms with Crippen molar-refractivity contribution < 1.29 is 14.3 Å². The van der Waals surface area contributed by atoms with Gasteiger partial charge in [-0.2, -0.15) is 0 Å². The summed E-state index contributed by atoms with van der Waals surface area (Å²) >= 11 is 0. The van der Waals surface area contributed by atoms with Gasteiger partial charge in [0, 0.05) is 11.6 Å². The number of hydrogen-bond donors (Lipinski definition) is 1. The highest BCUT2D eigenvalue weighted by molar-refractivity contribution is 6.02. The Bertz CT molecular complexity index is 809. The largest absolute Gasteiger partial charge is 0.478 e. The average Bonchev–Trinajstić information content (AvgIpc) is 2.46. The third-order valence-electron chi connectivity index (χ3n) is 3.15. The normalized spacial score (nSPS) is 10.7. The summed E-state index contributed by atoms with van der Waals surface area (Å²) in [5.74, 6) is -1.72. The Morgan fingerprint density at radius 1 is 1.05 bits per heavy atom. The summed E-state index contributed by atoms with van der Waals surface area (Å²) in [5, 5.41) is 10.1. The standard InChI is InChI=1S/C16H10FNO2/c17-10-6-7-12(14(9-10)16(19)20)11-3-1-5-15-13(11)4-2-8-18-15/h1-9H,(H,19,20). The Kier molecular flexibility index (Phi) is 2.91. The van der Waals surface area contributed by atoms with Crippen molar-refractivity contribution in [1.29, 1.82) is 0 Å². The second-order valence-corrected chi connectivity index (χ2v) is 4.37. The van der Waals surface area contributed by atoms with Gasteiger partial charge in [-0.15, -0.1) is 0 Å². The molecule has 3 rings (SSSR count). The first-order valence-electron chi connectivity index (χ1n) is 6.04. The third-order valence-corrected chi connectivity index (χ3v) is 3.15. The van der Waals surface area contributed by atoms with E-state index in [9.17, 15) is 14.3 Å². The van der Waals surface area contributed by atoms with Crippen LogP contribution in [-0.2, 0) is 0 Å². The van der Waals surface area contributed by atoms with Crippen molar-refractivity contribution in [1.82, 2.24) is 4.98 Å². The number of aromatic carboxylic acids is 1. The minimum Gasteiger partial charge on any atom is -0.478 e. The SMILES string of the molecule is O=C(O)c1cc(F)ccc1-c1cccc2ncccc12. The monoisotopic (exact) mass is 267 g/mol. The zero-order valence-corrected chi connectivity index (χ0v) is 10.4. The van der Waals surface area contributed by atoms with Gasteiger partial charge in [0.1, 0.15) is 5.82 Å². The second kappa shape index (κ2) is 4.74. The Hall–Kier alpha value is -2.75. The number of hydrogen-bond acceptors (Lipinski definition) is 2. The van der Waals surface area contributed by atoms with Gasteiger partial charge in [-0.05, 0) is 35.4 Å². The highest BCUT2D eigenvalue weighted by Gasteiger charge is 2.14. The minimum atomic E-state index is -1.15. The van der Waals surface area contributed by atoms with E-state index in [0.717, 1.165) is 22.5 Å². The fraction of sp³-hybridized carbons (Fsp3) is 0. The predicted molar refractivity (Wildman–Crippen MR) is 74.1 cm³/mol. The van der Waals surface area contributed by atoms with E-state index in [0.29, 0.717) is 5.56 Å². The zero-order chi connectivity index (χ0) is 14.1. The van der Waals surface area contributed by atoms with Gasteiger partial charge in [0.2, 0.25) is 0 Å². The van der Waals surface area contributed by atoms with Crippen LogP contribution in [0.5, 0.6) is 0 Å². The van der Waals surface area contributed by atoms with Crippen molar-refractivity contribution in [3.8, 4) is 11.1 Å². The van der Waals surface area contributed by atoms with Crippen LogP contribution in [0.2, 0.25) is 0 Å². The lowest BCUT2D eigenvalue weighted by Crippen LogP contribution is -2.00. The lowest BCUT2D eigenvalue weighted by atomic mass is 9.96. The summed E-state index contributed by atoms with van der Waals surface area (Å²) in [6, 6.07) is 12.9. The molecule has 4 heteroatoms. The average molecular weight is 267 g/mol. The van der Waals surface area contributed by atoms with Crippen LogP contribution in [0.1, 0.15) is 10.4 Å². The van der Waals surface area contributed by atoms with Crippen molar-refractivity contribution in [2.45, 2.75) is 0 Å². The number of carboxylic acid groups (broad SMARTS) is 1. The molecule has 0 atom stereocenters. The van der Waals surface area contributed by atoms with Crippen LogP contribution < -0.4 is 0 Å². The highest BCUT2D eigenvalue weighted by Crippen LogP contribution is 2.30. The molecule has 0 aliphatic heterocycles. The minimum absolute atomic E-state index is 0.0543. The number of halogens is 1. The number of rotatable bonds is 2. The molecule has 1 heterocycles. The van der Waals surface area contributed by atoms with E-state index in [1.54, 1.807) is 18.3 Å². The molecule has 0 aliphatic carbocycles. The molecular formula is C16H10FNO2. The van der Waals surface area contributed by atoms with Crippen LogP contribution >= 0.6 is 0 Å². The van der Waals surface area contributed by atoms with Gasteiger partial charge in [0.05, 0.1) is 11.1 Å². The van der Waals surface area contributed by atoms with Crippen LogP contribution in [0.15, 0.2) is 54.7 Å². The van der Waals surface area contributed by atoms with E-state index in [1.807, 2.05) is 18.2 Å². The quantitative estimate of drug-likeness (QED) is 0.769. The molecular weight excluding hydrogens is 257 g/mol. The molecule has 1 N–H and O–H groups in total. The van der Waals surface area contributed by atoms with Gasteiger partial charge in [-0.1, -0.05) is 24.3 Å². The maximum atomic E-state index is 13.3. The first-order valence-corrected chi connectivity index (χ1v) is 6.04. The van der Waals surface area contributed by atoms with Gasteiger partial charge >= 0.3 is 5.97 Å². The topological polar surface area (TPSA) is 50.2 Å². The number of fused-ring (bicyclic) bond motifs is 1. The van der Waals surface area contributed by atoms with E-state index in [-0.39, 0.29) is 5.56 Å². The van der Waals surface area contributed by atoms with Gasteiger partial charge in [-0.25, -0.2) is 9.18 Å². The Morgan fingerprint density at radius 3 is 2.70 bits per heavy atom. The van der Waals surface area contributed by atoms with Crippen LogP contribution in [0.4, 0.5) is 4.39 Å². The molecule has 3 nitrogen and oxygen atoms in total. The molecule has 0 fully saturated rings. The Morgan fingerprint density at radius 2 is 1.90 bits per heavy atom. The van der Waals surface area contributed by atoms with Crippen LogP contribution in [0.3, 0.4) is 0 Å². The fourth-order valence-electron chi connectivity index (χ4n) is 2.27. The summed E-state index contributed by atoms with van der Waals surface area (Å²) in [7, 11) is 0. The van der Waals surface area contributed by atoms with E-state index in [4.69, 9.17) is 0 Å². The molecule has 20 heavy (non-hydrogen) atoms. The van der Waals surface area contributed by atoms with Crippen molar-refractivity contribution in [2.24, 2.45) is 0 Å². The maximum Gasteiger partial charge on any atom is 0.336 e. The van der Waals surface area contributed by atoms with Crippen molar-refractivity contribution in [3.63, 3.8) is 0 Å². The fourth-order valence-corrected chi connectivity index (χ4v) is 2.27. The number of pyridine rings is 1. The number of nitrogens with zero attached hydrogens (tertiary/aromatic N) is 1. The van der Waals surface area contributed by atoms with Crippen molar-refractivity contribution in [2.75, 3.05) is 0 Å². The predicted octanol–water partition coefficient (Wildman–Crippen LogP) is 3.74. The summed E-state index contributed by atoms with van der Waals surface area (Å²) in [4.78, 5) is 15.5. The summed E-state index contributed by atoms with van der Waals surface area (Å²) < 4.78 is 13.3. The molecule has 3 aromatic rings. The van der Waals surface area contributed by atoms with Crippen molar-refractivity contribution in [3.05, 3.63) is 66.1 Å². The molecule has 0 aliphatic rings. The van der Waals surface area contributed by atoms with E-state index < -0.39 is 11.8 Å². The molecule has 0 bridgehead atoms. The summed E-state index contributed by atoms with van der Waals surface area (Å²) in [6.45, 7) is 0. The van der Waals surface area contributed by atoms with Crippen molar-refractivity contribution >= 4 is 16.9 Å². The molecule has 0 radical (unpaired) electrons. The smallest absolute Gasteiger partial charge is 0.336 e. The zero-order valence-electron chi connectivity index (χ0n) is 10.4. The molecule has 0 saturated heterocycles. The molecule has 2 aromatic carbocycles. The lowest BCUT2D eigenvalue weighted by Gasteiger charge is -2.09. The molecule has 98 valence electrons. The summed E-state index contributed by atoms with van der Waals surface area (Å²) in [6.07, 6.45) is 1.68. The number of carbonyl (C=O) groups is 1. The molecule has 0 unspecified atom stereocenters. The van der Waals surface area contributed by atoms with E-state index in [2.05, 4.69) is 4.98 Å². The number of carboxylic acids is 1. The first-order chi connectivity index (χ1) is 9.66. The molecule has 0 saturated carbocycles. The van der Waals surface area contributed by atoms with Crippen LogP contribution in [-0.4, -0.2) is 16.1 Å². The number of aromatic nitrogens is 1. The molecule has 1 aromatic heterocycles.